The van der Waals surface area contributed by atoms with Crippen molar-refractivity contribution in [2.75, 3.05) is 7.11 Å². The average Bonchev–Trinajstić information content (AvgIpc) is 2.47. The molecule has 19 heavy (non-hydrogen) atoms. The molecule has 0 N–H and O–H groups in total. The van der Waals surface area contributed by atoms with Gasteiger partial charge in [-0.2, -0.15) is 0 Å². The van der Waals surface area contributed by atoms with E-state index in [1.807, 2.05) is 30.3 Å². The van der Waals surface area contributed by atoms with Crippen LogP contribution < -0.4 is 0 Å². The monoisotopic (exact) mass is 257 g/mol. The highest BCUT2D eigenvalue weighted by Gasteiger charge is 2.12. The van der Waals surface area contributed by atoms with Crippen LogP contribution in [0.25, 0.3) is 0 Å². The second-order valence-corrected chi connectivity index (χ2v) is 3.99. The molecule has 1 aromatic heterocycles. The van der Waals surface area contributed by atoms with Gasteiger partial charge in [-0.1, -0.05) is 24.3 Å². The Morgan fingerprint density at radius 2 is 1.89 bits per heavy atom. The van der Waals surface area contributed by atoms with Crippen LogP contribution >= 0.6 is 0 Å². The van der Waals surface area contributed by atoms with Crippen LogP contribution in [-0.2, 0) is 22.7 Å². The molecule has 1 heterocycles. The first-order valence-corrected chi connectivity index (χ1v) is 5.95. The van der Waals surface area contributed by atoms with Gasteiger partial charge in [0.15, 0.2) is 0 Å². The molecule has 0 spiro atoms. The summed E-state index contributed by atoms with van der Waals surface area (Å²) in [4.78, 5) is 16.1. The van der Waals surface area contributed by atoms with Crippen LogP contribution in [0, 0.1) is 0 Å². The quantitative estimate of drug-likeness (QED) is 0.772. The fraction of sp³-hybridized carbons (Fsp3) is 0.200. The second-order valence-electron chi connectivity index (χ2n) is 3.99. The standard InChI is InChI=1S/C15H15NO3/c1-18-10-12-6-2-3-8-14(12)15(17)19-11-13-7-4-5-9-16-13/h2-9H,10-11H2,1H3. The Hall–Kier alpha value is -2.20. The SMILES string of the molecule is COCc1ccccc1C(=O)OCc1ccccn1. The topological polar surface area (TPSA) is 48.4 Å². The number of aromatic nitrogens is 1. The largest absolute Gasteiger partial charge is 0.456 e. The summed E-state index contributed by atoms with van der Waals surface area (Å²) in [6.45, 7) is 0.551. The van der Waals surface area contributed by atoms with Gasteiger partial charge in [-0.25, -0.2) is 4.79 Å². The van der Waals surface area contributed by atoms with Crippen molar-refractivity contribution in [1.82, 2.24) is 4.98 Å². The van der Waals surface area contributed by atoms with Gasteiger partial charge in [0, 0.05) is 13.3 Å². The maximum atomic E-state index is 12.0. The predicted octanol–water partition coefficient (Wildman–Crippen LogP) is 2.59. The Kier molecular flexibility index (Phi) is 4.64. The Labute approximate surface area is 112 Å². The molecule has 0 aliphatic rings. The highest BCUT2D eigenvalue weighted by Crippen LogP contribution is 2.12. The normalized spacial score (nSPS) is 10.2. The molecule has 2 rings (SSSR count). The number of esters is 1. The van der Waals surface area contributed by atoms with E-state index in [2.05, 4.69) is 4.98 Å². The zero-order valence-corrected chi connectivity index (χ0v) is 10.7. The van der Waals surface area contributed by atoms with E-state index in [-0.39, 0.29) is 12.6 Å². The molecule has 4 heteroatoms. The molecule has 0 saturated carbocycles. The lowest BCUT2D eigenvalue weighted by Gasteiger charge is -2.08. The van der Waals surface area contributed by atoms with E-state index in [1.54, 1.807) is 25.4 Å². The second kappa shape index (κ2) is 6.66. The molecule has 0 fully saturated rings. The van der Waals surface area contributed by atoms with E-state index < -0.39 is 0 Å². The molecule has 2 aromatic rings. The van der Waals surface area contributed by atoms with Crippen molar-refractivity contribution in [1.29, 1.82) is 0 Å². The van der Waals surface area contributed by atoms with Crippen LogP contribution in [0.3, 0.4) is 0 Å². The van der Waals surface area contributed by atoms with Crippen molar-refractivity contribution in [3.8, 4) is 0 Å². The minimum atomic E-state index is -0.363. The summed E-state index contributed by atoms with van der Waals surface area (Å²) in [5, 5.41) is 0. The third-order valence-electron chi connectivity index (χ3n) is 2.61. The van der Waals surface area contributed by atoms with Gasteiger partial charge >= 0.3 is 5.97 Å². The van der Waals surface area contributed by atoms with Gasteiger partial charge in [-0.15, -0.1) is 0 Å². The fourth-order valence-corrected chi connectivity index (χ4v) is 1.70. The predicted molar refractivity (Wildman–Crippen MR) is 70.5 cm³/mol. The van der Waals surface area contributed by atoms with Gasteiger partial charge in [0.2, 0.25) is 0 Å². The third-order valence-corrected chi connectivity index (χ3v) is 2.61. The summed E-state index contributed by atoms with van der Waals surface area (Å²) in [6.07, 6.45) is 1.67. The average molecular weight is 257 g/mol. The Morgan fingerprint density at radius 1 is 1.11 bits per heavy atom. The minimum Gasteiger partial charge on any atom is -0.456 e. The summed E-state index contributed by atoms with van der Waals surface area (Å²) in [5.41, 5.74) is 2.07. The number of ether oxygens (including phenoxy) is 2. The first-order valence-electron chi connectivity index (χ1n) is 5.95. The summed E-state index contributed by atoms with van der Waals surface area (Å²) in [6, 6.07) is 12.7. The molecule has 98 valence electrons. The lowest BCUT2D eigenvalue weighted by Crippen LogP contribution is -2.09. The third kappa shape index (κ3) is 3.63. The molecule has 0 amide bonds. The van der Waals surface area contributed by atoms with Gasteiger partial charge in [-0.05, 0) is 23.8 Å². The molecular weight excluding hydrogens is 242 g/mol. The number of carbonyl (C=O) groups excluding carboxylic acids is 1. The van der Waals surface area contributed by atoms with Gasteiger partial charge in [0.1, 0.15) is 6.61 Å². The van der Waals surface area contributed by atoms with Crippen molar-refractivity contribution < 1.29 is 14.3 Å². The van der Waals surface area contributed by atoms with Crippen LogP contribution in [0.2, 0.25) is 0 Å². The van der Waals surface area contributed by atoms with E-state index in [0.29, 0.717) is 12.2 Å². The van der Waals surface area contributed by atoms with Crippen LogP contribution in [0.1, 0.15) is 21.6 Å². The molecule has 0 unspecified atom stereocenters. The molecule has 0 bridgehead atoms. The molecule has 0 radical (unpaired) electrons. The zero-order chi connectivity index (χ0) is 13.5. The Balaban J connectivity index is 2.04. The van der Waals surface area contributed by atoms with E-state index >= 15 is 0 Å². The molecular formula is C15H15NO3. The number of methoxy groups -OCH3 is 1. The van der Waals surface area contributed by atoms with Crippen LogP contribution in [0.4, 0.5) is 0 Å². The Bertz CT molecular complexity index is 540. The van der Waals surface area contributed by atoms with E-state index in [0.717, 1.165) is 11.3 Å². The minimum absolute atomic E-state index is 0.168. The van der Waals surface area contributed by atoms with Crippen molar-refractivity contribution in [3.05, 3.63) is 65.5 Å². The lowest BCUT2D eigenvalue weighted by molar-refractivity contribution is 0.0463. The van der Waals surface area contributed by atoms with E-state index in [4.69, 9.17) is 9.47 Å². The van der Waals surface area contributed by atoms with E-state index in [1.165, 1.54) is 0 Å². The van der Waals surface area contributed by atoms with Crippen molar-refractivity contribution in [3.63, 3.8) is 0 Å². The van der Waals surface area contributed by atoms with E-state index in [9.17, 15) is 4.79 Å². The number of nitrogens with zero attached hydrogens (tertiary/aromatic N) is 1. The summed E-state index contributed by atoms with van der Waals surface area (Å²) >= 11 is 0. The highest BCUT2D eigenvalue weighted by atomic mass is 16.5. The highest BCUT2D eigenvalue weighted by molar-refractivity contribution is 5.91. The van der Waals surface area contributed by atoms with Crippen LogP contribution in [-0.4, -0.2) is 18.1 Å². The number of rotatable bonds is 5. The lowest BCUT2D eigenvalue weighted by atomic mass is 10.1. The number of pyridine rings is 1. The molecule has 0 aliphatic carbocycles. The van der Waals surface area contributed by atoms with Crippen LogP contribution in [0.5, 0.6) is 0 Å². The number of carbonyl (C=O) groups is 1. The molecule has 0 aliphatic heterocycles. The fourth-order valence-electron chi connectivity index (χ4n) is 1.70. The first-order chi connectivity index (χ1) is 9.31. The first kappa shape index (κ1) is 13.2. The summed E-state index contributed by atoms with van der Waals surface area (Å²) in [7, 11) is 1.59. The van der Waals surface area contributed by atoms with Crippen LogP contribution in [0.15, 0.2) is 48.7 Å². The molecule has 0 atom stereocenters. The van der Waals surface area contributed by atoms with Gasteiger partial charge < -0.3 is 9.47 Å². The number of benzene rings is 1. The van der Waals surface area contributed by atoms with Crippen molar-refractivity contribution in [2.24, 2.45) is 0 Å². The molecule has 1 aromatic carbocycles. The smallest absolute Gasteiger partial charge is 0.338 e. The van der Waals surface area contributed by atoms with Gasteiger partial charge in [0.05, 0.1) is 17.9 Å². The van der Waals surface area contributed by atoms with Gasteiger partial charge in [0.25, 0.3) is 0 Å². The number of hydrogen-bond donors (Lipinski definition) is 0. The van der Waals surface area contributed by atoms with Crippen molar-refractivity contribution >= 4 is 5.97 Å². The maximum Gasteiger partial charge on any atom is 0.338 e. The molecule has 4 nitrogen and oxygen atoms in total. The maximum absolute atomic E-state index is 12.0. The Morgan fingerprint density at radius 3 is 2.63 bits per heavy atom. The summed E-state index contributed by atoms with van der Waals surface area (Å²) in [5.74, 6) is -0.363. The zero-order valence-electron chi connectivity index (χ0n) is 10.7. The van der Waals surface area contributed by atoms with Crippen molar-refractivity contribution in [2.45, 2.75) is 13.2 Å². The molecule has 0 saturated heterocycles. The summed E-state index contributed by atoms with van der Waals surface area (Å²) < 4.78 is 10.3. The van der Waals surface area contributed by atoms with Gasteiger partial charge in [-0.3, -0.25) is 4.98 Å². The number of hydrogen-bond acceptors (Lipinski definition) is 4.